The van der Waals surface area contributed by atoms with Crippen molar-refractivity contribution in [2.75, 3.05) is 0 Å². The highest BCUT2D eigenvalue weighted by molar-refractivity contribution is 5.92. The third kappa shape index (κ3) is 2.62. The van der Waals surface area contributed by atoms with Crippen molar-refractivity contribution in [1.82, 2.24) is 0 Å². The Hall–Kier alpha value is -3.27. The van der Waals surface area contributed by atoms with Crippen LogP contribution < -0.4 is 5.63 Å². The highest BCUT2D eigenvalue weighted by Crippen LogP contribution is 2.28. The highest BCUT2D eigenvalue weighted by atomic mass is 16.4. The van der Waals surface area contributed by atoms with Crippen LogP contribution in [0.25, 0.3) is 21.7 Å². The number of nitrogens with zero attached hydrogens (tertiary/aromatic N) is 2. The molecule has 0 bridgehead atoms. The Morgan fingerprint density at radius 1 is 0.739 bits per heavy atom. The summed E-state index contributed by atoms with van der Waals surface area (Å²) in [6, 6.07) is 22.5. The van der Waals surface area contributed by atoms with E-state index in [-0.39, 0.29) is 5.63 Å². The van der Waals surface area contributed by atoms with Gasteiger partial charge in [-0.3, -0.25) is 0 Å². The molecule has 1 heterocycles. The first-order valence-corrected chi connectivity index (χ1v) is 7.23. The third-order valence-electron chi connectivity index (χ3n) is 3.64. The van der Waals surface area contributed by atoms with Gasteiger partial charge in [-0.05, 0) is 35.7 Å². The lowest BCUT2D eigenvalue weighted by Crippen LogP contribution is -1.93. The molecule has 0 aliphatic heterocycles. The lowest BCUT2D eigenvalue weighted by atomic mass is 10.1. The molecular formula is C19H12N2O2. The van der Waals surface area contributed by atoms with Crippen LogP contribution in [0.1, 0.15) is 0 Å². The summed E-state index contributed by atoms with van der Waals surface area (Å²) in [5.74, 6) is 0. The van der Waals surface area contributed by atoms with Crippen molar-refractivity contribution in [2.24, 2.45) is 10.2 Å². The van der Waals surface area contributed by atoms with Crippen LogP contribution in [0, 0.1) is 0 Å². The summed E-state index contributed by atoms with van der Waals surface area (Å²) in [4.78, 5) is 11.2. The zero-order valence-electron chi connectivity index (χ0n) is 12.1. The zero-order chi connectivity index (χ0) is 15.6. The third-order valence-corrected chi connectivity index (χ3v) is 3.64. The Bertz CT molecular complexity index is 1090. The average molecular weight is 300 g/mol. The van der Waals surface area contributed by atoms with Gasteiger partial charge in [-0.1, -0.05) is 36.4 Å². The summed E-state index contributed by atoms with van der Waals surface area (Å²) in [5.41, 5.74) is 1.71. The van der Waals surface area contributed by atoms with Crippen LogP contribution in [0.15, 0.2) is 92.2 Å². The molecule has 0 spiro atoms. The molecule has 0 aliphatic carbocycles. The summed E-state index contributed by atoms with van der Waals surface area (Å²) in [6.07, 6.45) is 0. The van der Waals surface area contributed by atoms with Crippen molar-refractivity contribution in [3.8, 4) is 0 Å². The van der Waals surface area contributed by atoms with Crippen LogP contribution in [-0.2, 0) is 0 Å². The number of azo groups is 1. The zero-order valence-corrected chi connectivity index (χ0v) is 12.1. The highest BCUT2D eigenvalue weighted by Gasteiger charge is 2.00. The van der Waals surface area contributed by atoms with Crippen molar-refractivity contribution in [3.63, 3.8) is 0 Å². The molecule has 4 heteroatoms. The predicted molar refractivity (Wildman–Crippen MR) is 90.6 cm³/mol. The van der Waals surface area contributed by atoms with Gasteiger partial charge in [0.25, 0.3) is 0 Å². The van der Waals surface area contributed by atoms with Gasteiger partial charge in [0.15, 0.2) is 0 Å². The van der Waals surface area contributed by atoms with Crippen LogP contribution in [0.4, 0.5) is 11.4 Å². The van der Waals surface area contributed by atoms with Crippen LogP contribution in [0.3, 0.4) is 0 Å². The minimum absolute atomic E-state index is 0.359. The maximum absolute atomic E-state index is 11.2. The summed E-state index contributed by atoms with van der Waals surface area (Å²) in [5, 5.41) is 11.7. The molecule has 0 atom stereocenters. The van der Waals surface area contributed by atoms with Crippen molar-refractivity contribution in [2.45, 2.75) is 0 Å². The van der Waals surface area contributed by atoms with Crippen LogP contribution in [-0.4, -0.2) is 0 Å². The number of benzene rings is 3. The van der Waals surface area contributed by atoms with E-state index in [1.54, 1.807) is 18.2 Å². The van der Waals surface area contributed by atoms with E-state index in [1.165, 1.54) is 6.07 Å². The maximum Gasteiger partial charge on any atom is 0.336 e. The Kier molecular flexibility index (Phi) is 3.20. The summed E-state index contributed by atoms with van der Waals surface area (Å²) >= 11 is 0. The van der Waals surface area contributed by atoms with Crippen molar-refractivity contribution in [1.29, 1.82) is 0 Å². The van der Waals surface area contributed by atoms with E-state index in [4.69, 9.17) is 4.42 Å². The largest absolute Gasteiger partial charge is 0.423 e. The molecule has 110 valence electrons. The molecule has 0 radical (unpaired) electrons. The Balaban J connectivity index is 1.75. The van der Waals surface area contributed by atoms with E-state index in [1.807, 2.05) is 48.5 Å². The predicted octanol–water partition coefficient (Wildman–Crippen LogP) is 5.36. The first kappa shape index (κ1) is 13.4. The monoisotopic (exact) mass is 300 g/mol. The topological polar surface area (TPSA) is 54.9 Å². The number of rotatable bonds is 2. The van der Waals surface area contributed by atoms with E-state index in [9.17, 15) is 4.79 Å². The molecule has 23 heavy (non-hydrogen) atoms. The van der Waals surface area contributed by atoms with Gasteiger partial charge >= 0.3 is 5.63 Å². The number of fused-ring (bicyclic) bond motifs is 2. The standard InChI is InChI=1S/C19H12N2O2/c22-19-11-8-14-12-15(9-10-18(14)23-19)20-21-17-7-3-5-13-4-1-2-6-16(13)17/h1-12H. The van der Waals surface area contributed by atoms with E-state index in [2.05, 4.69) is 10.2 Å². The molecule has 0 N–H and O–H groups in total. The van der Waals surface area contributed by atoms with Gasteiger partial charge in [0.05, 0.1) is 11.4 Å². The molecule has 0 unspecified atom stereocenters. The minimum Gasteiger partial charge on any atom is -0.423 e. The first-order chi connectivity index (χ1) is 11.3. The van der Waals surface area contributed by atoms with E-state index in [0.29, 0.717) is 11.3 Å². The Morgan fingerprint density at radius 2 is 1.61 bits per heavy atom. The Labute approximate surface area is 131 Å². The normalized spacial score (nSPS) is 11.5. The van der Waals surface area contributed by atoms with Gasteiger partial charge in [0, 0.05) is 16.8 Å². The van der Waals surface area contributed by atoms with Gasteiger partial charge in [-0.2, -0.15) is 5.11 Å². The minimum atomic E-state index is -0.359. The van der Waals surface area contributed by atoms with E-state index < -0.39 is 0 Å². The van der Waals surface area contributed by atoms with Gasteiger partial charge in [0.1, 0.15) is 5.58 Å². The van der Waals surface area contributed by atoms with E-state index >= 15 is 0 Å². The lowest BCUT2D eigenvalue weighted by molar-refractivity contribution is 0.561. The smallest absolute Gasteiger partial charge is 0.336 e. The molecule has 0 amide bonds. The van der Waals surface area contributed by atoms with Crippen LogP contribution in [0.2, 0.25) is 0 Å². The fourth-order valence-electron chi connectivity index (χ4n) is 2.53. The van der Waals surface area contributed by atoms with Gasteiger partial charge in [-0.15, -0.1) is 5.11 Å². The maximum atomic E-state index is 11.2. The molecule has 4 nitrogen and oxygen atoms in total. The number of hydrogen-bond acceptors (Lipinski definition) is 4. The SMILES string of the molecule is O=c1ccc2cc(N=Nc3cccc4ccccc34)ccc2o1. The molecule has 4 rings (SSSR count). The second kappa shape index (κ2) is 5.50. The van der Waals surface area contributed by atoms with Gasteiger partial charge < -0.3 is 4.42 Å². The van der Waals surface area contributed by atoms with Crippen LogP contribution in [0.5, 0.6) is 0 Å². The van der Waals surface area contributed by atoms with E-state index in [0.717, 1.165) is 21.8 Å². The second-order valence-corrected chi connectivity index (χ2v) is 5.17. The van der Waals surface area contributed by atoms with Crippen molar-refractivity contribution >= 4 is 33.1 Å². The molecule has 0 saturated heterocycles. The molecule has 0 saturated carbocycles. The number of hydrogen-bond donors (Lipinski definition) is 0. The quantitative estimate of drug-likeness (QED) is 0.369. The fraction of sp³-hybridized carbons (Fsp3) is 0. The summed E-state index contributed by atoms with van der Waals surface area (Å²) in [7, 11) is 0. The van der Waals surface area contributed by atoms with Gasteiger partial charge in [-0.25, -0.2) is 4.79 Å². The molecule has 4 aromatic rings. The molecule has 0 fully saturated rings. The second-order valence-electron chi connectivity index (χ2n) is 5.17. The Morgan fingerprint density at radius 3 is 2.57 bits per heavy atom. The molecule has 1 aromatic heterocycles. The van der Waals surface area contributed by atoms with Gasteiger partial charge in [0.2, 0.25) is 0 Å². The average Bonchev–Trinajstić information content (AvgIpc) is 2.60. The molecule has 3 aromatic carbocycles. The first-order valence-electron chi connectivity index (χ1n) is 7.23. The summed E-state index contributed by atoms with van der Waals surface area (Å²) in [6.45, 7) is 0. The lowest BCUT2D eigenvalue weighted by Gasteiger charge is -2.00. The van der Waals surface area contributed by atoms with Crippen molar-refractivity contribution < 1.29 is 4.42 Å². The van der Waals surface area contributed by atoms with Crippen molar-refractivity contribution in [3.05, 3.63) is 83.2 Å². The fourth-order valence-corrected chi connectivity index (χ4v) is 2.53. The van der Waals surface area contributed by atoms with Crippen LogP contribution >= 0.6 is 0 Å². The molecule has 0 aliphatic rings. The summed E-state index contributed by atoms with van der Waals surface area (Å²) < 4.78 is 5.11. The molecular weight excluding hydrogens is 288 g/mol.